The number of benzene rings is 1. The molecule has 2 heterocycles. The zero-order chi connectivity index (χ0) is 16.8. The van der Waals surface area contributed by atoms with Gasteiger partial charge in [-0.2, -0.15) is 0 Å². The van der Waals surface area contributed by atoms with Gasteiger partial charge in [0.15, 0.2) is 6.61 Å². The molecule has 7 heteroatoms. The third-order valence-electron chi connectivity index (χ3n) is 4.13. The third kappa shape index (κ3) is 5.89. The second-order valence-electron chi connectivity index (χ2n) is 5.82. The van der Waals surface area contributed by atoms with E-state index in [0.717, 1.165) is 13.1 Å². The van der Waals surface area contributed by atoms with Gasteiger partial charge in [0.05, 0.1) is 6.04 Å². The molecule has 1 aliphatic rings. The highest BCUT2D eigenvalue weighted by Crippen LogP contribution is 2.27. The highest BCUT2D eigenvalue weighted by atomic mass is 35.5. The molecule has 1 amide bonds. The number of ether oxygens (including phenoxy) is 1. The number of thiophene rings is 1. The molecule has 0 saturated carbocycles. The predicted molar refractivity (Wildman–Crippen MR) is 105 cm³/mol. The van der Waals surface area contributed by atoms with E-state index >= 15 is 0 Å². The van der Waals surface area contributed by atoms with Crippen LogP contribution in [0.15, 0.2) is 41.8 Å². The molecule has 1 aromatic carbocycles. The van der Waals surface area contributed by atoms with Gasteiger partial charge in [-0.25, -0.2) is 0 Å². The normalized spacial score (nSPS) is 15.4. The third-order valence-corrected chi connectivity index (χ3v) is 5.35. The average molecular weight is 401 g/mol. The Morgan fingerprint density at radius 1 is 1.24 bits per heavy atom. The lowest BCUT2D eigenvalue weighted by atomic mass is 10.2. The first-order chi connectivity index (χ1) is 11.7. The number of carbonyl (C=O) groups is 1. The van der Waals surface area contributed by atoms with Crippen molar-refractivity contribution in [2.45, 2.75) is 18.9 Å². The molecule has 136 valence electrons. The molecule has 1 atom stereocenters. The Kier molecular flexibility index (Phi) is 8.03. The maximum Gasteiger partial charge on any atom is 0.258 e. The molecule has 1 aliphatic heterocycles. The van der Waals surface area contributed by atoms with Crippen LogP contribution in [0.3, 0.4) is 0 Å². The summed E-state index contributed by atoms with van der Waals surface area (Å²) in [5.74, 6) is 0.537. The zero-order valence-corrected chi connectivity index (χ0v) is 16.2. The van der Waals surface area contributed by atoms with E-state index in [9.17, 15) is 4.79 Å². The van der Waals surface area contributed by atoms with Gasteiger partial charge < -0.3 is 10.1 Å². The fraction of sp³-hybridized carbons (Fsp3) is 0.389. The van der Waals surface area contributed by atoms with Crippen LogP contribution in [0.25, 0.3) is 0 Å². The maximum atomic E-state index is 12.1. The van der Waals surface area contributed by atoms with E-state index < -0.39 is 0 Å². The number of carbonyl (C=O) groups excluding carboxylic acids is 1. The molecule has 1 N–H and O–H groups in total. The average Bonchev–Trinajstić information content (AvgIpc) is 3.29. The minimum atomic E-state index is -0.106. The number of nitrogens with zero attached hydrogens (tertiary/aromatic N) is 1. The number of amides is 1. The van der Waals surface area contributed by atoms with Crippen molar-refractivity contribution in [3.63, 3.8) is 0 Å². The van der Waals surface area contributed by atoms with E-state index in [1.165, 1.54) is 17.7 Å². The van der Waals surface area contributed by atoms with E-state index in [1.54, 1.807) is 35.6 Å². The molecule has 1 unspecified atom stereocenters. The van der Waals surface area contributed by atoms with Gasteiger partial charge in [-0.15, -0.1) is 23.7 Å². The Hall–Kier alpha value is -1.27. The smallest absolute Gasteiger partial charge is 0.258 e. The van der Waals surface area contributed by atoms with Crippen LogP contribution in [-0.2, 0) is 4.79 Å². The van der Waals surface area contributed by atoms with Crippen LogP contribution in [0.2, 0.25) is 5.02 Å². The maximum absolute atomic E-state index is 12.1. The first-order valence-corrected chi connectivity index (χ1v) is 9.40. The Balaban J connectivity index is 0.00000225. The second-order valence-corrected chi connectivity index (χ2v) is 7.24. The summed E-state index contributed by atoms with van der Waals surface area (Å²) in [5.41, 5.74) is 0. The van der Waals surface area contributed by atoms with Gasteiger partial charge in [0.1, 0.15) is 5.75 Å². The van der Waals surface area contributed by atoms with Crippen LogP contribution in [0.5, 0.6) is 5.75 Å². The monoisotopic (exact) mass is 400 g/mol. The van der Waals surface area contributed by atoms with Crippen LogP contribution in [0.1, 0.15) is 23.8 Å². The Labute approximate surface area is 163 Å². The SMILES string of the molecule is Cl.O=C(COc1ccc(Cl)cc1)NCC(c1cccs1)N1CCCC1. The van der Waals surface area contributed by atoms with Crippen molar-refractivity contribution in [2.24, 2.45) is 0 Å². The van der Waals surface area contributed by atoms with E-state index in [4.69, 9.17) is 16.3 Å². The van der Waals surface area contributed by atoms with Crippen LogP contribution < -0.4 is 10.1 Å². The van der Waals surface area contributed by atoms with Crippen molar-refractivity contribution in [3.8, 4) is 5.75 Å². The van der Waals surface area contributed by atoms with Gasteiger partial charge in [-0.1, -0.05) is 17.7 Å². The molecule has 0 radical (unpaired) electrons. The number of hydrogen-bond donors (Lipinski definition) is 1. The molecule has 2 aromatic rings. The van der Waals surface area contributed by atoms with Crippen LogP contribution >= 0.6 is 35.3 Å². The number of nitrogens with one attached hydrogen (secondary N) is 1. The van der Waals surface area contributed by atoms with Crippen molar-refractivity contribution < 1.29 is 9.53 Å². The lowest BCUT2D eigenvalue weighted by Crippen LogP contribution is -2.38. The summed E-state index contributed by atoms with van der Waals surface area (Å²) in [6, 6.07) is 11.5. The summed E-state index contributed by atoms with van der Waals surface area (Å²) in [6.45, 7) is 2.82. The molecule has 1 fully saturated rings. The predicted octanol–water partition coefficient (Wildman–Crippen LogP) is 4.16. The van der Waals surface area contributed by atoms with Gasteiger partial charge >= 0.3 is 0 Å². The van der Waals surface area contributed by atoms with Gasteiger partial charge in [-0.3, -0.25) is 9.69 Å². The van der Waals surface area contributed by atoms with Crippen LogP contribution in [0.4, 0.5) is 0 Å². The van der Waals surface area contributed by atoms with E-state index in [2.05, 4.69) is 27.7 Å². The quantitative estimate of drug-likeness (QED) is 0.758. The molecular formula is C18H22Cl2N2O2S. The van der Waals surface area contributed by atoms with E-state index in [-0.39, 0.29) is 31.0 Å². The molecular weight excluding hydrogens is 379 g/mol. The molecule has 0 bridgehead atoms. The standard InChI is InChI=1S/C18H21ClN2O2S.ClH/c19-14-5-7-15(8-6-14)23-13-18(22)20-12-16(17-4-3-11-24-17)21-9-1-2-10-21;/h3-8,11,16H,1-2,9-10,12-13H2,(H,20,22);1H. The lowest BCUT2D eigenvalue weighted by Gasteiger charge is -2.26. The molecule has 1 saturated heterocycles. The van der Waals surface area contributed by atoms with Crippen molar-refractivity contribution in [1.82, 2.24) is 10.2 Å². The van der Waals surface area contributed by atoms with Gasteiger partial charge in [-0.05, 0) is 61.6 Å². The van der Waals surface area contributed by atoms with Gasteiger partial charge in [0.25, 0.3) is 5.91 Å². The summed E-state index contributed by atoms with van der Waals surface area (Å²) in [6.07, 6.45) is 2.46. The first-order valence-electron chi connectivity index (χ1n) is 8.15. The van der Waals surface area contributed by atoms with E-state index in [1.807, 2.05) is 0 Å². The summed E-state index contributed by atoms with van der Waals surface area (Å²) in [5, 5.41) is 5.74. The second kappa shape index (κ2) is 10.0. The number of halogens is 2. The number of hydrogen-bond acceptors (Lipinski definition) is 4. The number of likely N-dealkylation sites (tertiary alicyclic amines) is 1. The van der Waals surface area contributed by atoms with E-state index in [0.29, 0.717) is 17.3 Å². The van der Waals surface area contributed by atoms with Crippen LogP contribution in [-0.4, -0.2) is 37.0 Å². The summed E-state index contributed by atoms with van der Waals surface area (Å²) < 4.78 is 5.49. The minimum Gasteiger partial charge on any atom is -0.484 e. The summed E-state index contributed by atoms with van der Waals surface area (Å²) >= 11 is 7.58. The summed E-state index contributed by atoms with van der Waals surface area (Å²) in [7, 11) is 0. The van der Waals surface area contributed by atoms with Crippen molar-refractivity contribution in [1.29, 1.82) is 0 Å². The van der Waals surface area contributed by atoms with Gasteiger partial charge in [0, 0.05) is 16.4 Å². The van der Waals surface area contributed by atoms with Crippen molar-refractivity contribution in [2.75, 3.05) is 26.2 Å². The molecule has 0 aliphatic carbocycles. The Morgan fingerprint density at radius 3 is 2.60 bits per heavy atom. The fourth-order valence-corrected chi connectivity index (χ4v) is 3.87. The van der Waals surface area contributed by atoms with Crippen LogP contribution in [0, 0.1) is 0 Å². The minimum absolute atomic E-state index is 0. The highest BCUT2D eigenvalue weighted by Gasteiger charge is 2.24. The summed E-state index contributed by atoms with van der Waals surface area (Å²) in [4.78, 5) is 15.8. The lowest BCUT2D eigenvalue weighted by molar-refractivity contribution is -0.123. The van der Waals surface area contributed by atoms with Crippen molar-refractivity contribution in [3.05, 3.63) is 51.7 Å². The Bertz CT molecular complexity index is 644. The number of rotatable bonds is 7. The fourth-order valence-electron chi connectivity index (χ4n) is 2.89. The first kappa shape index (κ1) is 20.0. The highest BCUT2D eigenvalue weighted by molar-refractivity contribution is 7.10. The molecule has 0 spiro atoms. The largest absolute Gasteiger partial charge is 0.484 e. The molecule has 1 aromatic heterocycles. The molecule has 4 nitrogen and oxygen atoms in total. The van der Waals surface area contributed by atoms with Crippen molar-refractivity contribution >= 4 is 41.3 Å². The molecule has 3 rings (SSSR count). The van der Waals surface area contributed by atoms with Gasteiger partial charge in [0.2, 0.25) is 0 Å². The zero-order valence-electron chi connectivity index (χ0n) is 13.8. The topological polar surface area (TPSA) is 41.6 Å². The Morgan fingerprint density at radius 2 is 1.96 bits per heavy atom. The molecule has 25 heavy (non-hydrogen) atoms.